The Balaban J connectivity index is 3.75. The second kappa shape index (κ2) is 6.96. The predicted molar refractivity (Wildman–Crippen MR) is 45.5 cm³/mol. The SMILES string of the molecule is C=CCNC(=O)N=NC(=O)OCC. The van der Waals surface area contributed by atoms with Crippen LogP contribution < -0.4 is 5.32 Å². The molecule has 0 aromatic carbocycles. The van der Waals surface area contributed by atoms with E-state index >= 15 is 0 Å². The average Bonchev–Trinajstić information content (AvgIpc) is 2.12. The van der Waals surface area contributed by atoms with Crippen molar-refractivity contribution >= 4 is 12.1 Å². The Morgan fingerprint density at radius 3 is 2.77 bits per heavy atom. The molecule has 0 aliphatic rings. The summed E-state index contributed by atoms with van der Waals surface area (Å²) in [6.07, 6.45) is 0.605. The van der Waals surface area contributed by atoms with Gasteiger partial charge in [0.15, 0.2) is 0 Å². The minimum absolute atomic E-state index is 0.201. The van der Waals surface area contributed by atoms with Crippen LogP contribution in [-0.2, 0) is 4.74 Å². The first kappa shape index (κ1) is 11.3. The Morgan fingerprint density at radius 2 is 2.23 bits per heavy atom. The summed E-state index contributed by atoms with van der Waals surface area (Å²) in [7, 11) is 0. The first-order valence-electron chi connectivity index (χ1n) is 3.68. The Kier molecular flexibility index (Phi) is 6.04. The molecule has 0 saturated carbocycles. The van der Waals surface area contributed by atoms with Gasteiger partial charge in [0, 0.05) is 6.54 Å². The second-order valence-corrected chi connectivity index (χ2v) is 1.87. The molecule has 0 bridgehead atoms. The number of hydrogen-bond donors (Lipinski definition) is 1. The zero-order chi connectivity index (χ0) is 10.1. The summed E-state index contributed by atoms with van der Waals surface area (Å²) in [5.74, 6) is 0. The fraction of sp³-hybridized carbons (Fsp3) is 0.429. The predicted octanol–water partition coefficient (Wildman–Crippen LogP) is 1.49. The molecule has 0 rings (SSSR count). The Labute approximate surface area is 75.7 Å². The van der Waals surface area contributed by atoms with Gasteiger partial charge in [0.05, 0.1) is 6.61 Å². The smallest absolute Gasteiger partial charge is 0.447 e. The number of hydrogen-bond acceptors (Lipinski definition) is 3. The Hall–Kier alpha value is -1.72. The van der Waals surface area contributed by atoms with Gasteiger partial charge in [0.25, 0.3) is 0 Å². The van der Waals surface area contributed by atoms with Gasteiger partial charge >= 0.3 is 12.1 Å². The highest BCUT2D eigenvalue weighted by atomic mass is 16.5. The molecule has 6 nitrogen and oxygen atoms in total. The van der Waals surface area contributed by atoms with Crippen LogP contribution in [0.3, 0.4) is 0 Å². The van der Waals surface area contributed by atoms with Crippen molar-refractivity contribution in [3.05, 3.63) is 12.7 Å². The van der Waals surface area contributed by atoms with Crippen molar-refractivity contribution in [3.63, 3.8) is 0 Å². The molecule has 0 heterocycles. The van der Waals surface area contributed by atoms with Gasteiger partial charge in [-0.1, -0.05) is 16.3 Å². The van der Waals surface area contributed by atoms with E-state index in [2.05, 4.69) is 26.9 Å². The average molecular weight is 185 g/mol. The molecular weight excluding hydrogens is 174 g/mol. The topological polar surface area (TPSA) is 80.1 Å². The summed E-state index contributed by atoms with van der Waals surface area (Å²) in [5, 5.41) is 8.32. The number of nitrogens with zero attached hydrogens (tertiary/aromatic N) is 2. The van der Waals surface area contributed by atoms with E-state index in [1.165, 1.54) is 6.08 Å². The number of ether oxygens (including phenoxy) is 1. The molecule has 0 aliphatic heterocycles. The van der Waals surface area contributed by atoms with Gasteiger partial charge in [0.1, 0.15) is 0 Å². The monoisotopic (exact) mass is 185 g/mol. The Bertz CT molecular complexity index is 225. The molecule has 0 radical (unpaired) electrons. The van der Waals surface area contributed by atoms with Crippen LogP contribution in [0.5, 0.6) is 0 Å². The highest BCUT2D eigenvalue weighted by Crippen LogP contribution is 1.85. The standard InChI is InChI=1S/C7H11N3O3/c1-3-5-8-6(11)9-10-7(12)13-4-2/h3H,1,4-5H2,2H3,(H,8,11). The van der Waals surface area contributed by atoms with Crippen LogP contribution in [0.15, 0.2) is 22.9 Å². The van der Waals surface area contributed by atoms with Crippen molar-refractivity contribution in [3.8, 4) is 0 Å². The summed E-state index contributed by atoms with van der Waals surface area (Å²) < 4.78 is 4.40. The molecular formula is C7H11N3O3. The van der Waals surface area contributed by atoms with Crippen LogP contribution in [0, 0.1) is 0 Å². The molecule has 13 heavy (non-hydrogen) atoms. The quantitative estimate of drug-likeness (QED) is 0.534. The molecule has 0 fully saturated rings. The van der Waals surface area contributed by atoms with E-state index in [1.54, 1.807) is 6.92 Å². The fourth-order valence-electron chi connectivity index (χ4n) is 0.433. The zero-order valence-electron chi connectivity index (χ0n) is 7.32. The number of rotatable bonds is 3. The van der Waals surface area contributed by atoms with Gasteiger partial charge in [-0.25, -0.2) is 9.59 Å². The number of nitrogens with one attached hydrogen (secondary N) is 1. The lowest BCUT2D eigenvalue weighted by atomic mass is 10.6. The third kappa shape index (κ3) is 6.67. The molecule has 6 heteroatoms. The van der Waals surface area contributed by atoms with E-state index in [-0.39, 0.29) is 13.2 Å². The molecule has 0 aromatic rings. The second-order valence-electron chi connectivity index (χ2n) is 1.87. The van der Waals surface area contributed by atoms with Crippen molar-refractivity contribution in [2.75, 3.05) is 13.2 Å². The van der Waals surface area contributed by atoms with E-state index in [4.69, 9.17) is 0 Å². The highest BCUT2D eigenvalue weighted by Gasteiger charge is 1.99. The van der Waals surface area contributed by atoms with Crippen molar-refractivity contribution in [2.24, 2.45) is 10.2 Å². The maximum Gasteiger partial charge on any atom is 0.452 e. The van der Waals surface area contributed by atoms with Gasteiger partial charge in [-0.3, -0.25) is 0 Å². The van der Waals surface area contributed by atoms with Crippen LogP contribution in [-0.4, -0.2) is 25.3 Å². The molecule has 1 N–H and O–H groups in total. The van der Waals surface area contributed by atoms with E-state index in [0.29, 0.717) is 0 Å². The molecule has 0 saturated heterocycles. The first-order valence-corrected chi connectivity index (χ1v) is 3.68. The molecule has 0 atom stereocenters. The number of amides is 3. The summed E-state index contributed by atoms with van der Waals surface area (Å²) in [4.78, 5) is 21.2. The van der Waals surface area contributed by atoms with Crippen molar-refractivity contribution in [2.45, 2.75) is 6.92 Å². The van der Waals surface area contributed by atoms with E-state index in [9.17, 15) is 9.59 Å². The number of carbonyl (C=O) groups is 2. The van der Waals surface area contributed by atoms with Gasteiger partial charge in [-0.05, 0) is 6.92 Å². The van der Waals surface area contributed by atoms with Crippen LogP contribution in [0.4, 0.5) is 9.59 Å². The lowest BCUT2D eigenvalue weighted by molar-refractivity contribution is 0.161. The molecule has 72 valence electrons. The highest BCUT2D eigenvalue weighted by molar-refractivity contribution is 5.77. The fourth-order valence-corrected chi connectivity index (χ4v) is 0.433. The summed E-state index contributed by atoms with van der Waals surface area (Å²) >= 11 is 0. The maximum absolute atomic E-state index is 10.7. The minimum atomic E-state index is -0.878. The molecule has 0 spiro atoms. The Morgan fingerprint density at radius 1 is 1.54 bits per heavy atom. The van der Waals surface area contributed by atoms with Crippen LogP contribution in [0.25, 0.3) is 0 Å². The normalized spacial score (nSPS) is 9.62. The molecule has 3 amide bonds. The lowest BCUT2D eigenvalue weighted by Crippen LogP contribution is -2.19. The van der Waals surface area contributed by atoms with Crippen molar-refractivity contribution < 1.29 is 14.3 Å². The minimum Gasteiger partial charge on any atom is -0.447 e. The number of azo groups is 1. The van der Waals surface area contributed by atoms with Crippen LogP contribution in [0.1, 0.15) is 6.92 Å². The number of urea groups is 1. The van der Waals surface area contributed by atoms with Crippen LogP contribution >= 0.6 is 0 Å². The lowest BCUT2D eigenvalue weighted by Gasteiger charge is -1.94. The van der Waals surface area contributed by atoms with E-state index in [1.807, 2.05) is 0 Å². The summed E-state index contributed by atoms with van der Waals surface area (Å²) in [6.45, 7) is 5.49. The number of carbonyl (C=O) groups excluding carboxylic acids is 2. The van der Waals surface area contributed by atoms with Gasteiger partial charge in [0.2, 0.25) is 0 Å². The maximum atomic E-state index is 10.7. The van der Waals surface area contributed by atoms with E-state index in [0.717, 1.165) is 0 Å². The van der Waals surface area contributed by atoms with Gasteiger partial charge in [-0.2, -0.15) is 0 Å². The zero-order valence-corrected chi connectivity index (χ0v) is 7.32. The largest absolute Gasteiger partial charge is 0.452 e. The van der Waals surface area contributed by atoms with Gasteiger partial charge in [-0.15, -0.1) is 6.58 Å². The van der Waals surface area contributed by atoms with E-state index < -0.39 is 12.1 Å². The third-order valence-electron chi connectivity index (χ3n) is 0.888. The molecule has 0 unspecified atom stereocenters. The van der Waals surface area contributed by atoms with Crippen molar-refractivity contribution in [1.29, 1.82) is 0 Å². The molecule has 0 aromatic heterocycles. The summed E-state index contributed by atoms with van der Waals surface area (Å²) in [6, 6.07) is -0.701. The first-order chi connectivity index (χ1) is 6.20. The van der Waals surface area contributed by atoms with Crippen molar-refractivity contribution in [1.82, 2.24) is 5.32 Å². The molecule has 0 aliphatic carbocycles. The van der Waals surface area contributed by atoms with Gasteiger partial charge < -0.3 is 10.1 Å². The van der Waals surface area contributed by atoms with Crippen LogP contribution in [0.2, 0.25) is 0 Å². The summed E-state index contributed by atoms with van der Waals surface area (Å²) in [5.41, 5.74) is 0. The third-order valence-corrected chi connectivity index (χ3v) is 0.888.